The van der Waals surface area contributed by atoms with E-state index in [0.717, 1.165) is 43.9 Å². The van der Waals surface area contributed by atoms with E-state index >= 15 is 0 Å². The van der Waals surface area contributed by atoms with Crippen molar-refractivity contribution in [3.05, 3.63) is 39.6 Å². The zero-order valence-corrected chi connectivity index (χ0v) is 16.0. The number of carbonyl (C=O) groups excluding carboxylic acids is 1. The van der Waals surface area contributed by atoms with E-state index < -0.39 is 0 Å². The molecule has 0 unspecified atom stereocenters. The van der Waals surface area contributed by atoms with Crippen LogP contribution in [0.15, 0.2) is 28.6 Å². The van der Waals surface area contributed by atoms with Gasteiger partial charge in [-0.1, -0.05) is 18.7 Å². The molecule has 2 aromatic heterocycles. The van der Waals surface area contributed by atoms with Crippen molar-refractivity contribution in [2.24, 2.45) is 5.92 Å². The van der Waals surface area contributed by atoms with Crippen LogP contribution in [0.25, 0.3) is 10.2 Å². The molecular formula is C18H18N2OS3. The summed E-state index contributed by atoms with van der Waals surface area (Å²) in [4.78, 5) is 19.3. The zero-order valence-electron chi connectivity index (χ0n) is 13.6. The molecule has 0 saturated heterocycles. The fourth-order valence-corrected chi connectivity index (χ4v) is 5.71. The Hall–Kier alpha value is -1.37. The smallest absolute Gasteiger partial charge is 0.265 e. The average molecular weight is 375 g/mol. The van der Waals surface area contributed by atoms with Crippen molar-refractivity contribution in [1.29, 1.82) is 0 Å². The van der Waals surface area contributed by atoms with E-state index in [1.807, 2.05) is 24.5 Å². The Balaban J connectivity index is 1.55. The quantitative estimate of drug-likeness (QED) is 0.619. The number of nitrogens with one attached hydrogen (secondary N) is 1. The number of thiophene rings is 1. The number of carbonyl (C=O) groups is 1. The minimum absolute atomic E-state index is 0.00370. The van der Waals surface area contributed by atoms with Gasteiger partial charge in [-0.3, -0.25) is 4.79 Å². The van der Waals surface area contributed by atoms with Crippen molar-refractivity contribution in [3.63, 3.8) is 0 Å². The Kier molecular flexibility index (Phi) is 4.37. The number of fused-ring (bicyclic) bond motifs is 2. The molecule has 124 valence electrons. The topological polar surface area (TPSA) is 42.0 Å². The normalized spacial score (nSPS) is 17.0. The highest BCUT2D eigenvalue weighted by Gasteiger charge is 2.20. The van der Waals surface area contributed by atoms with Crippen LogP contribution in [0.2, 0.25) is 0 Å². The van der Waals surface area contributed by atoms with E-state index in [2.05, 4.69) is 23.3 Å². The summed E-state index contributed by atoms with van der Waals surface area (Å²) < 4.78 is 2.16. The lowest BCUT2D eigenvalue weighted by Crippen LogP contribution is -2.10. The van der Waals surface area contributed by atoms with Crippen LogP contribution in [-0.2, 0) is 12.8 Å². The Morgan fingerprint density at radius 1 is 1.33 bits per heavy atom. The molecule has 3 nitrogen and oxygen atoms in total. The second kappa shape index (κ2) is 6.50. The Labute approximate surface area is 153 Å². The number of aromatic nitrogens is 1. The number of hydrogen-bond donors (Lipinski definition) is 1. The van der Waals surface area contributed by atoms with Gasteiger partial charge >= 0.3 is 0 Å². The van der Waals surface area contributed by atoms with Crippen LogP contribution in [0.3, 0.4) is 0 Å². The van der Waals surface area contributed by atoms with Gasteiger partial charge in [0.15, 0.2) is 4.34 Å². The highest BCUT2D eigenvalue weighted by Crippen LogP contribution is 2.33. The van der Waals surface area contributed by atoms with Crippen molar-refractivity contribution in [3.8, 4) is 0 Å². The summed E-state index contributed by atoms with van der Waals surface area (Å²) in [6, 6.07) is 8.00. The molecule has 0 saturated carbocycles. The third-order valence-corrected chi connectivity index (χ3v) is 7.59. The van der Waals surface area contributed by atoms with Gasteiger partial charge in [0.2, 0.25) is 0 Å². The number of anilines is 1. The van der Waals surface area contributed by atoms with E-state index in [1.54, 1.807) is 34.4 Å². The van der Waals surface area contributed by atoms with Crippen molar-refractivity contribution >= 4 is 56.2 Å². The molecule has 1 aromatic carbocycles. The highest BCUT2D eigenvalue weighted by atomic mass is 32.2. The number of nitrogens with zero attached hydrogens (tertiary/aromatic N) is 1. The van der Waals surface area contributed by atoms with Crippen LogP contribution in [0, 0.1) is 5.92 Å². The minimum atomic E-state index is -0.00370. The van der Waals surface area contributed by atoms with Gasteiger partial charge in [-0.2, -0.15) is 0 Å². The zero-order chi connectivity index (χ0) is 16.7. The molecule has 6 heteroatoms. The largest absolute Gasteiger partial charge is 0.321 e. The van der Waals surface area contributed by atoms with E-state index in [4.69, 9.17) is 0 Å². The Morgan fingerprint density at radius 3 is 3.04 bits per heavy atom. The first-order chi connectivity index (χ1) is 11.6. The first kappa shape index (κ1) is 16.1. The van der Waals surface area contributed by atoms with Crippen LogP contribution in [0.1, 0.15) is 33.5 Å². The molecule has 4 rings (SSSR count). The fourth-order valence-electron chi connectivity index (χ4n) is 3.08. The summed E-state index contributed by atoms with van der Waals surface area (Å²) in [6.07, 6.45) is 5.47. The van der Waals surface area contributed by atoms with E-state index in [0.29, 0.717) is 0 Å². The van der Waals surface area contributed by atoms with Gasteiger partial charge < -0.3 is 5.32 Å². The summed E-state index contributed by atoms with van der Waals surface area (Å²) in [6.45, 7) is 2.29. The van der Waals surface area contributed by atoms with Gasteiger partial charge in [-0.25, -0.2) is 4.98 Å². The lowest BCUT2D eigenvalue weighted by molar-refractivity contribution is 0.103. The third kappa shape index (κ3) is 3.10. The van der Waals surface area contributed by atoms with Crippen LogP contribution < -0.4 is 5.32 Å². The molecule has 0 aliphatic heterocycles. The lowest BCUT2D eigenvalue weighted by atomic mass is 9.90. The molecule has 1 aliphatic rings. The molecule has 1 aliphatic carbocycles. The monoisotopic (exact) mass is 374 g/mol. The molecule has 1 amide bonds. The van der Waals surface area contributed by atoms with Crippen LogP contribution in [0.5, 0.6) is 0 Å². The van der Waals surface area contributed by atoms with Crippen molar-refractivity contribution < 1.29 is 4.79 Å². The molecule has 0 radical (unpaired) electrons. The number of rotatable bonds is 3. The van der Waals surface area contributed by atoms with Gasteiger partial charge in [0, 0.05) is 10.6 Å². The summed E-state index contributed by atoms with van der Waals surface area (Å²) in [7, 11) is 0. The van der Waals surface area contributed by atoms with Gasteiger partial charge in [-0.05, 0) is 61.3 Å². The van der Waals surface area contributed by atoms with Crippen LogP contribution >= 0.6 is 34.4 Å². The molecule has 24 heavy (non-hydrogen) atoms. The Bertz CT molecular complexity index is 912. The van der Waals surface area contributed by atoms with Gasteiger partial charge in [0.05, 0.1) is 15.1 Å². The molecule has 0 spiro atoms. The van der Waals surface area contributed by atoms with Gasteiger partial charge in [0.25, 0.3) is 5.91 Å². The summed E-state index contributed by atoms with van der Waals surface area (Å²) in [5, 5.41) is 3.04. The lowest BCUT2D eigenvalue weighted by Gasteiger charge is -2.16. The number of benzene rings is 1. The molecule has 2 heterocycles. The van der Waals surface area contributed by atoms with Crippen LogP contribution in [0.4, 0.5) is 5.69 Å². The van der Waals surface area contributed by atoms with E-state index in [-0.39, 0.29) is 5.91 Å². The van der Waals surface area contributed by atoms with E-state index in [9.17, 15) is 4.79 Å². The van der Waals surface area contributed by atoms with E-state index in [1.165, 1.54) is 16.9 Å². The first-order valence-corrected chi connectivity index (χ1v) is 10.9. The molecular weight excluding hydrogens is 356 g/mol. The molecule has 0 fully saturated rings. The number of aryl methyl sites for hydroxylation is 1. The Morgan fingerprint density at radius 2 is 2.21 bits per heavy atom. The summed E-state index contributed by atoms with van der Waals surface area (Å²) in [5.41, 5.74) is 3.19. The number of thioether (sulfide) groups is 1. The van der Waals surface area contributed by atoms with Crippen LogP contribution in [-0.4, -0.2) is 17.1 Å². The summed E-state index contributed by atoms with van der Waals surface area (Å²) >= 11 is 4.96. The highest BCUT2D eigenvalue weighted by molar-refractivity contribution is 8.00. The number of hydrogen-bond acceptors (Lipinski definition) is 5. The maximum atomic E-state index is 12.6. The number of thiazole rings is 1. The predicted molar refractivity (Wildman–Crippen MR) is 105 cm³/mol. The maximum Gasteiger partial charge on any atom is 0.265 e. The van der Waals surface area contributed by atoms with Crippen molar-refractivity contribution in [2.45, 2.75) is 30.5 Å². The average Bonchev–Trinajstić information content (AvgIpc) is 3.17. The number of amides is 1. The van der Waals surface area contributed by atoms with Gasteiger partial charge in [-0.15, -0.1) is 22.7 Å². The maximum absolute atomic E-state index is 12.6. The molecule has 1 atom stereocenters. The van der Waals surface area contributed by atoms with Crippen molar-refractivity contribution in [1.82, 2.24) is 4.98 Å². The second-order valence-electron chi connectivity index (χ2n) is 6.23. The summed E-state index contributed by atoms with van der Waals surface area (Å²) in [5.74, 6) is 0.721. The minimum Gasteiger partial charge on any atom is -0.321 e. The molecule has 3 aromatic rings. The standard InChI is InChI=1S/C18H18N2OS3/c1-10-3-6-14-11(7-10)8-16(23-14)17(21)19-12-4-5-13-15(9-12)24-18(20-13)22-2/h4-5,8-10H,3,6-7H2,1-2H3,(H,19,21)/t10-/m1/s1. The predicted octanol–water partition coefficient (Wildman–Crippen LogP) is 5.46. The SMILES string of the molecule is CSc1nc2ccc(NC(=O)c3cc4c(s3)CC[C@@H](C)C4)cc2s1. The second-order valence-corrected chi connectivity index (χ2v) is 9.45. The first-order valence-electron chi connectivity index (χ1n) is 8.00. The van der Waals surface area contributed by atoms with Gasteiger partial charge in [0.1, 0.15) is 0 Å². The molecule has 1 N–H and O–H groups in total. The third-order valence-electron chi connectivity index (χ3n) is 4.35. The van der Waals surface area contributed by atoms with Crippen molar-refractivity contribution in [2.75, 3.05) is 11.6 Å². The molecule has 0 bridgehead atoms. The fraction of sp³-hybridized carbons (Fsp3) is 0.333.